The second kappa shape index (κ2) is 7.71. The van der Waals surface area contributed by atoms with E-state index in [1.807, 2.05) is 0 Å². The van der Waals surface area contributed by atoms with Crippen molar-refractivity contribution in [1.82, 2.24) is 19.6 Å². The van der Waals surface area contributed by atoms with Crippen molar-refractivity contribution in [2.24, 2.45) is 11.4 Å². The number of halogens is 3. The van der Waals surface area contributed by atoms with Crippen LogP contribution in [-0.4, -0.2) is 53.4 Å². The van der Waals surface area contributed by atoms with E-state index in [-0.39, 0.29) is 17.9 Å². The van der Waals surface area contributed by atoms with Gasteiger partial charge in [0.2, 0.25) is 0 Å². The van der Waals surface area contributed by atoms with E-state index in [0.29, 0.717) is 27.8 Å². The van der Waals surface area contributed by atoms with E-state index in [1.165, 1.54) is 35.3 Å². The summed E-state index contributed by atoms with van der Waals surface area (Å²) in [5.74, 6) is -0.827. The average molecular weight is 465 g/mol. The molecule has 32 heavy (non-hydrogen) atoms. The van der Waals surface area contributed by atoms with Crippen molar-refractivity contribution in [1.29, 1.82) is 0 Å². The van der Waals surface area contributed by atoms with E-state index >= 15 is 0 Å². The predicted octanol–water partition coefficient (Wildman–Crippen LogP) is 3.16. The second-order valence-corrected chi connectivity index (χ2v) is 9.77. The average Bonchev–Trinajstić information content (AvgIpc) is 3.21. The number of amides is 1. The Morgan fingerprint density at radius 2 is 1.84 bits per heavy atom. The molecule has 4 aromatic rings. The number of rotatable bonds is 4. The van der Waals surface area contributed by atoms with Crippen molar-refractivity contribution >= 4 is 37.7 Å². The maximum atomic E-state index is 12.9. The number of alkyl halides is 3. The Hall–Kier alpha value is -3.25. The number of carbonyl (C=O) groups is 1. The number of hydrogen-bond acceptors (Lipinski definition) is 5. The molecule has 1 amide bonds. The summed E-state index contributed by atoms with van der Waals surface area (Å²) >= 11 is 0. The van der Waals surface area contributed by atoms with Crippen molar-refractivity contribution in [3.63, 3.8) is 0 Å². The SMILES string of the molecule is Cn1nc2c3cc(C(=O)N=[S@](C)(=O)CCO)ccc3n(-c3ccc(C(F)(F)F)cc3)c2n1. The van der Waals surface area contributed by atoms with Gasteiger partial charge < -0.3 is 5.11 Å². The number of benzene rings is 2. The van der Waals surface area contributed by atoms with Gasteiger partial charge in [-0.1, -0.05) is 0 Å². The van der Waals surface area contributed by atoms with Gasteiger partial charge in [-0.25, -0.2) is 4.21 Å². The van der Waals surface area contributed by atoms with Crippen LogP contribution in [0.3, 0.4) is 0 Å². The molecule has 2 aromatic carbocycles. The third-order valence-electron chi connectivity index (χ3n) is 4.85. The number of hydrogen-bond donors (Lipinski definition) is 1. The minimum atomic E-state index is -4.45. The first-order valence-corrected chi connectivity index (χ1v) is 11.5. The zero-order chi connectivity index (χ0) is 23.3. The molecule has 0 unspecified atom stereocenters. The monoisotopic (exact) mass is 465 g/mol. The number of aliphatic hydroxyl groups is 1. The number of aryl methyl sites for hydroxylation is 1. The molecule has 2 heterocycles. The van der Waals surface area contributed by atoms with Crippen molar-refractivity contribution < 1.29 is 27.3 Å². The standard InChI is InChI=1S/C20H18F3N5O3S/c1-27-24-17-15-11-12(19(30)26-32(2,31)10-9-29)3-8-16(15)28(18(17)25-27)14-6-4-13(5-7-14)20(21,22)23/h3-8,11,29H,9-10H2,1-2H3/t32-/m1/s1. The number of carbonyl (C=O) groups excluding carboxylic acids is 1. The fourth-order valence-corrected chi connectivity index (χ4v) is 4.28. The highest BCUT2D eigenvalue weighted by atomic mass is 32.2. The largest absolute Gasteiger partial charge is 0.416 e. The Labute approximate surface area is 180 Å². The highest BCUT2D eigenvalue weighted by Gasteiger charge is 2.30. The van der Waals surface area contributed by atoms with Crippen LogP contribution < -0.4 is 0 Å². The predicted molar refractivity (Wildman–Crippen MR) is 113 cm³/mol. The summed E-state index contributed by atoms with van der Waals surface area (Å²) < 4.78 is 56.5. The molecule has 0 radical (unpaired) electrons. The first-order valence-electron chi connectivity index (χ1n) is 9.38. The first-order chi connectivity index (χ1) is 15.0. The van der Waals surface area contributed by atoms with Gasteiger partial charge in [-0.15, -0.1) is 5.10 Å². The number of aliphatic hydroxyl groups excluding tert-OH is 1. The minimum absolute atomic E-state index is 0.125. The lowest BCUT2D eigenvalue weighted by Crippen LogP contribution is -2.10. The minimum Gasteiger partial charge on any atom is -0.395 e. The number of aromatic nitrogens is 4. The Bertz CT molecular complexity index is 1460. The molecule has 0 saturated carbocycles. The molecule has 0 aliphatic heterocycles. The third-order valence-corrected chi connectivity index (χ3v) is 6.34. The Balaban J connectivity index is 1.88. The summed E-state index contributed by atoms with van der Waals surface area (Å²) in [5, 5.41) is 18.2. The molecule has 168 valence electrons. The van der Waals surface area contributed by atoms with Crippen molar-refractivity contribution in [2.45, 2.75) is 6.18 Å². The molecule has 0 fully saturated rings. The van der Waals surface area contributed by atoms with E-state index in [1.54, 1.807) is 17.7 Å². The van der Waals surface area contributed by atoms with Crippen LogP contribution >= 0.6 is 0 Å². The maximum absolute atomic E-state index is 12.9. The van der Waals surface area contributed by atoms with Crippen molar-refractivity contribution in [2.75, 3.05) is 18.6 Å². The lowest BCUT2D eigenvalue weighted by atomic mass is 10.1. The molecule has 0 aliphatic carbocycles. The molecule has 4 rings (SSSR count). The molecule has 0 saturated heterocycles. The smallest absolute Gasteiger partial charge is 0.395 e. The number of nitrogens with zero attached hydrogens (tertiary/aromatic N) is 5. The summed E-state index contributed by atoms with van der Waals surface area (Å²) in [4.78, 5) is 13.9. The molecule has 0 aliphatic rings. The Morgan fingerprint density at radius 1 is 1.16 bits per heavy atom. The normalized spacial score (nSPS) is 14.1. The molecule has 0 bridgehead atoms. The fourth-order valence-electron chi connectivity index (χ4n) is 3.39. The first kappa shape index (κ1) is 22.0. The van der Waals surface area contributed by atoms with Gasteiger partial charge in [-0.2, -0.15) is 27.4 Å². The summed E-state index contributed by atoms with van der Waals surface area (Å²) in [6, 6.07) is 9.29. The van der Waals surface area contributed by atoms with Crippen LogP contribution in [0.2, 0.25) is 0 Å². The molecular formula is C20H18F3N5O3S. The summed E-state index contributed by atoms with van der Waals surface area (Å²) in [6.07, 6.45) is -3.16. The molecule has 8 nitrogen and oxygen atoms in total. The van der Waals surface area contributed by atoms with Crippen LogP contribution in [0.5, 0.6) is 0 Å². The number of fused-ring (bicyclic) bond motifs is 3. The maximum Gasteiger partial charge on any atom is 0.416 e. The van der Waals surface area contributed by atoms with Gasteiger partial charge in [0.1, 0.15) is 5.52 Å². The van der Waals surface area contributed by atoms with Crippen molar-refractivity contribution in [3.8, 4) is 5.69 Å². The quantitative estimate of drug-likeness (QED) is 0.499. The van der Waals surface area contributed by atoms with Crippen LogP contribution in [0, 0.1) is 0 Å². The molecule has 1 atom stereocenters. The van der Waals surface area contributed by atoms with Crippen LogP contribution in [0.15, 0.2) is 46.8 Å². The highest BCUT2D eigenvalue weighted by Crippen LogP contribution is 2.33. The lowest BCUT2D eigenvalue weighted by Gasteiger charge is -2.10. The summed E-state index contributed by atoms with van der Waals surface area (Å²) in [5.41, 5.74) is 1.28. The second-order valence-electron chi connectivity index (χ2n) is 7.26. The zero-order valence-corrected chi connectivity index (χ0v) is 17.8. The highest BCUT2D eigenvalue weighted by molar-refractivity contribution is 7.93. The van der Waals surface area contributed by atoms with Crippen LogP contribution in [0.4, 0.5) is 13.2 Å². The van der Waals surface area contributed by atoms with Gasteiger partial charge in [0.25, 0.3) is 5.91 Å². The summed E-state index contributed by atoms with van der Waals surface area (Å²) in [7, 11) is -1.27. The van der Waals surface area contributed by atoms with Gasteiger partial charge >= 0.3 is 6.18 Å². The molecule has 1 N–H and O–H groups in total. The topological polar surface area (TPSA) is 102 Å². The van der Waals surface area contributed by atoms with Gasteiger partial charge in [0.15, 0.2) is 5.65 Å². The van der Waals surface area contributed by atoms with Crippen LogP contribution in [0.1, 0.15) is 15.9 Å². The van der Waals surface area contributed by atoms with E-state index in [9.17, 15) is 22.2 Å². The van der Waals surface area contributed by atoms with Gasteiger partial charge in [-0.05, 0) is 42.5 Å². The Kier molecular flexibility index (Phi) is 5.29. The van der Waals surface area contributed by atoms with E-state index < -0.39 is 27.4 Å². The van der Waals surface area contributed by atoms with E-state index in [0.717, 1.165) is 12.1 Å². The molecule has 12 heteroatoms. The van der Waals surface area contributed by atoms with Crippen molar-refractivity contribution in [3.05, 3.63) is 53.6 Å². The lowest BCUT2D eigenvalue weighted by molar-refractivity contribution is -0.137. The van der Waals surface area contributed by atoms with E-state index in [2.05, 4.69) is 14.6 Å². The molecular weight excluding hydrogens is 447 g/mol. The van der Waals surface area contributed by atoms with Gasteiger partial charge in [0, 0.05) is 29.9 Å². The molecule has 0 spiro atoms. The van der Waals surface area contributed by atoms with E-state index in [4.69, 9.17) is 5.11 Å². The van der Waals surface area contributed by atoms with Crippen LogP contribution in [0.25, 0.3) is 27.8 Å². The molecule has 2 aromatic heterocycles. The van der Waals surface area contributed by atoms with Crippen LogP contribution in [-0.2, 0) is 23.0 Å². The van der Waals surface area contributed by atoms with Gasteiger partial charge in [-0.3, -0.25) is 9.36 Å². The van der Waals surface area contributed by atoms with Gasteiger partial charge in [0.05, 0.1) is 33.2 Å². The zero-order valence-electron chi connectivity index (χ0n) is 17.0. The Morgan fingerprint density at radius 3 is 2.47 bits per heavy atom. The third kappa shape index (κ3) is 3.98. The summed E-state index contributed by atoms with van der Waals surface area (Å²) in [6.45, 7) is -0.360. The fraction of sp³-hybridized carbons (Fsp3) is 0.250.